The molecule has 0 aliphatic heterocycles. The first-order valence-electron chi connectivity index (χ1n) is 3.92. The standard InChI is InChI=1S/C8H4BrF6NS/c9-4-1-3(7(10,11)12)6(2-5(4)16)17-8(13,14)15/h1-2H,16H2. The predicted molar refractivity (Wildman–Crippen MR) is 55.5 cm³/mol. The van der Waals surface area contributed by atoms with Gasteiger partial charge < -0.3 is 5.73 Å². The normalized spacial score (nSPS) is 12.9. The Morgan fingerprint density at radius 3 is 2.00 bits per heavy atom. The van der Waals surface area contributed by atoms with Crippen molar-refractivity contribution in [1.29, 1.82) is 0 Å². The Morgan fingerprint density at radius 1 is 1.06 bits per heavy atom. The van der Waals surface area contributed by atoms with Crippen LogP contribution in [0.2, 0.25) is 0 Å². The molecule has 0 atom stereocenters. The third kappa shape index (κ3) is 3.98. The Bertz CT molecular complexity index is 427. The van der Waals surface area contributed by atoms with Gasteiger partial charge in [0.05, 0.1) is 5.56 Å². The van der Waals surface area contributed by atoms with E-state index < -0.39 is 33.9 Å². The van der Waals surface area contributed by atoms with Crippen molar-refractivity contribution >= 4 is 33.4 Å². The van der Waals surface area contributed by atoms with E-state index in [4.69, 9.17) is 5.73 Å². The molecule has 1 rings (SSSR count). The van der Waals surface area contributed by atoms with Gasteiger partial charge in [-0.2, -0.15) is 26.3 Å². The Morgan fingerprint density at radius 2 is 1.59 bits per heavy atom. The lowest BCUT2D eigenvalue weighted by Crippen LogP contribution is -2.10. The van der Waals surface area contributed by atoms with Crippen molar-refractivity contribution in [3.05, 3.63) is 22.2 Å². The summed E-state index contributed by atoms with van der Waals surface area (Å²) < 4.78 is 73.6. The fourth-order valence-electron chi connectivity index (χ4n) is 1.000. The molecular weight excluding hydrogens is 336 g/mol. The number of hydrogen-bond acceptors (Lipinski definition) is 2. The maximum Gasteiger partial charge on any atom is 0.446 e. The number of thioether (sulfide) groups is 1. The fourth-order valence-corrected chi connectivity index (χ4v) is 2.06. The van der Waals surface area contributed by atoms with Gasteiger partial charge in [0, 0.05) is 15.1 Å². The van der Waals surface area contributed by atoms with Crippen LogP contribution in [0.5, 0.6) is 0 Å². The summed E-state index contributed by atoms with van der Waals surface area (Å²) in [6.45, 7) is 0. The average Bonchev–Trinajstić information content (AvgIpc) is 2.06. The minimum absolute atomic E-state index is 0.101. The van der Waals surface area contributed by atoms with E-state index in [-0.39, 0.29) is 10.2 Å². The Balaban J connectivity index is 3.32. The smallest absolute Gasteiger partial charge is 0.398 e. The van der Waals surface area contributed by atoms with E-state index in [1.807, 2.05) is 0 Å². The second-order valence-electron chi connectivity index (χ2n) is 2.92. The van der Waals surface area contributed by atoms with Gasteiger partial charge in [-0.05, 0) is 39.8 Å². The number of nitrogens with two attached hydrogens (primary N) is 1. The summed E-state index contributed by atoms with van der Waals surface area (Å²) in [5.74, 6) is 0. The van der Waals surface area contributed by atoms with Crippen LogP contribution in [-0.2, 0) is 6.18 Å². The molecule has 2 N–H and O–H groups in total. The van der Waals surface area contributed by atoms with Crippen molar-refractivity contribution in [3.63, 3.8) is 0 Å². The number of hydrogen-bond donors (Lipinski definition) is 1. The predicted octanol–water partition coefficient (Wildman–Crippen LogP) is 4.66. The topological polar surface area (TPSA) is 26.0 Å². The Kier molecular flexibility index (Phi) is 3.92. The van der Waals surface area contributed by atoms with E-state index in [1.165, 1.54) is 0 Å². The molecule has 17 heavy (non-hydrogen) atoms. The molecule has 9 heteroatoms. The summed E-state index contributed by atoms with van der Waals surface area (Å²) in [6.07, 6.45) is -4.87. The zero-order chi connectivity index (χ0) is 13.4. The highest BCUT2D eigenvalue weighted by molar-refractivity contribution is 9.10. The largest absolute Gasteiger partial charge is 0.446 e. The number of alkyl halides is 6. The molecule has 96 valence electrons. The molecular formula is C8H4BrF6NS. The third-order valence-electron chi connectivity index (χ3n) is 1.63. The van der Waals surface area contributed by atoms with Gasteiger partial charge in [-0.15, -0.1) is 0 Å². The fraction of sp³-hybridized carbons (Fsp3) is 0.250. The van der Waals surface area contributed by atoms with Crippen LogP contribution in [-0.4, -0.2) is 5.51 Å². The van der Waals surface area contributed by atoms with Crippen molar-refractivity contribution in [2.24, 2.45) is 0 Å². The molecule has 0 aliphatic carbocycles. The average molecular weight is 340 g/mol. The summed E-state index contributed by atoms with van der Waals surface area (Å²) in [4.78, 5) is -0.967. The molecule has 0 fully saturated rings. The van der Waals surface area contributed by atoms with Gasteiger partial charge in [0.2, 0.25) is 0 Å². The van der Waals surface area contributed by atoms with E-state index in [2.05, 4.69) is 15.9 Å². The molecule has 1 aromatic carbocycles. The van der Waals surface area contributed by atoms with E-state index in [9.17, 15) is 26.3 Å². The van der Waals surface area contributed by atoms with Crippen LogP contribution < -0.4 is 5.73 Å². The van der Waals surface area contributed by atoms with Crippen LogP contribution in [0.1, 0.15) is 5.56 Å². The molecule has 0 unspecified atom stereocenters. The van der Waals surface area contributed by atoms with Crippen LogP contribution in [0.4, 0.5) is 32.0 Å². The molecule has 0 spiro atoms. The van der Waals surface area contributed by atoms with Crippen molar-refractivity contribution in [3.8, 4) is 0 Å². The van der Waals surface area contributed by atoms with Crippen molar-refractivity contribution < 1.29 is 26.3 Å². The Hall–Kier alpha value is -0.570. The highest BCUT2D eigenvalue weighted by atomic mass is 79.9. The summed E-state index contributed by atoms with van der Waals surface area (Å²) in [7, 11) is 0. The van der Waals surface area contributed by atoms with Gasteiger partial charge in [-0.1, -0.05) is 0 Å². The first-order valence-corrected chi connectivity index (χ1v) is 5.53. The zero-order valence-corrected chi connectivity index (χ0v) is 10.2. The third-order valence-corrected chi connectivity index (χ3v) is 3.11. The van der Waals surface area contributed by atoms with E-state index in [1.54, 1.807) is 0 Å². The summed E-state index contributed by atoms with van der Waals surface area (Å²) in [5, 5.41) is 0. The molecule has 0 aliphatic rings. The second-order valence-corrected chi connectivity index (χ2v) is 4.88. The van der Waals surface area contributed by atoms with Gasteiger partial charge in [0.25, 0.3) is 0 Å². The molecule has 1 aromatic rings. The summed E-state index contributed by atoms with van der Waals surface area (Å²) >= 11 is 1.89. The summed E-state index contributed by atoms with van der Waals surface area (Å²) in [6, 6.07) is 1.18. The maximum absolute atomic E-state index is 12.5. The number of halogens is 7. The van der Waals surface area contributed by atoms with E-state index in [0.29, 0.717) is 12.1 Å². The van der Waals surface area contributed by atoms with E-state index >= 15 is 0 Å². The van der Waals surface area contributed by atoms with Gasteiger partial charge in [-0.3, -0.25) is 0 Å². The lowest BCUT2D eigenvalue weighted by atomic mass is 10.2. The van der Waals surface area contributed by atoms with Crippen LogP contribution in [0.25, 0.3) is 0 Å². The van der Waals surface area contributed by atoms with Gasteiger partial charge in [0.1, 0.15) is 0 Å². The molecule has 0 saturated carbocycles. The van der Waals surface area contributed by atoms with Crippen molar-refractivity contribution in [2.75, 3.05) is 5.73 Å². The van der Waals surface area contributed by atoms with Crippen LogP contribution in [0, 0.1) is 0 Å². The number of rotatable bonds is 1. The first-order chi connectivity index (χ1) is 7.50. The molecule has 0 heterocycles. The highest BCUT2D eigenvalue weighted by Gasteiger charge is 2.38. The molecule has 0 bridgehead atoms. The first kappa shape index (κ1) is 14.5. The molecule has 1 nitrogen and oxygen atoms in total. The molecule has 0 amide bonds. The number of anilines is 1. The van der Waals surface area contributed by atoms with Gasteiger partial charge in [0.15, 0.2) is 0 Å². The van der Waals surface area contributed by atoms with Crippen LogP contribution in [0.3, 0.4) is 0 Å². The number of nitrogen functional groups attached to an aromatic ring is 1. The lowest BCUT2D eigenvalue weighted by molar-refractivity contribution is -0.139. The minimum Gasteiger partial charge on any atom is -0.398 e. The summed E-state index contributed by atoms with van der Waals surface area (Å²) in [5.41, 5.74) is -1.11. The van der Waals surface area contributed by atoms with E-state index in [0.717, 1.165) is 0 Å². The second kappa shape index (κ2) is 4.60. The SMILES string of the molecule is Nc1cc(SC(F)(F)F)c(C(F)(F)F)cc1Br. The van der Waals surface area contributed by atoms with Crippen LogP contribution in [0.15, 0.2) is 21.5 Å². The molecule has 0 aromatic heterocycles. The monoisotopic (exact) mass is 339 g/mol. The Labute approximate surface area is 104 Å². The molecule has 0 radical (unpaired) electrons. The minimum atomic E-state index is -4.87. The maximum atomic E-state index is 12.5. The molecule has 0 saturated heterocycles. The highest BCUT2D eigenvalue weighted by Crippen LogP contribution is 2.45. The van der Waals surface area contributed by atoms with Crippen molar-refractivity contribution in [1.82, 2.24) is 0 Å². The van der Waals surface area contributed by atoms with Gasteiger partial charge in [-0.25, -0.2) is 0 Å². The van der Waals surface area contributed by atoms with Crippen molar-refractivity contribution in [2.45, 2.75) is 16.6 Å². The lowest BCUT2D eigenvalue weighted by Gasteiger charge is -2.15. The quantitative estimate of drug-likeness (QED) is 0.457. The van der Waals surface area contributed by atoms with Crippen LogP contribution >= 0.6 is 27.7 Å². The van der Waals surface area contributed by atoms with Gasteiger partial charge >= 0.3 is 11.7 Å². The zero-order valence-electron chi connectivity index (χ0n) is 7.79. The number of benzene rings is 1.